The SMILES string of the molecule is Oc1cccc(-c2ncccc2-c2cnc3cn[nH]c3c2)c1. The van der Waals surface area contributed by atoms with Gasteiger partial charge in [-0.05, 0) is 24.3 Å². The lowest BCUT2D eigenvalue weighted by atomic mass is 10.0. The number of aromatic amines is 1. The highest BCUT2D eigenvalue weighted by molar-refractivity contribution is 5.85. The number of pyridine rings is 2. The molecular formula is C17H12N4O. The summed E-state index contributed by atoms with van der Waals surface area (Å²) in [4.78, 5) is 8.87. The molecule has 3 aromatic heterocycles. The summed E-state index contributed by atoms with van der Waals surface area (Å²) in [7, 11) is 0. The molecule has 0 aliphatic heterocycles. The second-order valence-corrected chi connectivity index (χ2v) is 4.98. The van der Waals surface area contributed by atoms with Crippen molar-refractivity contribution in [3.8, 4) is 28.1 Å². The van der Waals surface area contributed by atoms with Crippen LogP contribution in [0, 0.1) is 0 Å². The number of aromatic hydroxyl groups is 1. The van der Waals surface area contributed by atoms with Gasteiger partial charge in [0.25, 0.3) is 0 Å². The van der Waals surface area contributed by atoms with Crippen LogP contribution in [0.1, 0.15) is 0 Å². The average molecular weight is 288 g/mol. The molecule has 0 amide bonds. The Kier molecular flexibility index (Phi) is 2.83. The Hall–Kier alpha value is -3.21. The van der Waals surface area contributed by atoms with Crippen LogP contribution in [-0.4, -0.2) is 25.3 Å². The van der Waals surface area contributed by atoms with Gasteiger partial charge in [-0.15, -0.1) is 0 Å². The normalized spacial score (nSPS) is 10.9. The van der Waals surface area contributed by atoms with Gasteiger partial charge in [0.1, 0.15) is 11.3 Å². The molecule has 22 heavy (non-hydrogen) atoms. The topological polar surface area (TPSA) is 74.7 Å². The molecule has 0 saturated heterocycles. The first-order valence-electron chi connectivity index (χ1n) is 6.85. The number of hydrogen-bond acceptors (Lipinski definition) is 4. The van der Waals surface area contributed by atoms with Crippen molar-refractivity contribution in [2.24, 2.45) is 0 Å². The molecule has 3 heterocycles. The van der Waals surface area contributed by atoms with Crippen molar-refractivity contribution in [3.05, 3.63) is 61.1 Å². The molecule has 1 aromatic carbocycles. The fourth-order valence-electron chi connectivity index (χ4n) is 2.50. The molecule has 4 aromatic rings. The summed E-state index contributed by atoms with van der Waals surface area (Å²) in [6.45, 7) is 0. The third-order valence-electron chi connectivity index (χ3n) is 3.53. The van der Waals surface area contributed by atoms with E-state index in [4.69, 9.17) is 0 Å². The number of benzene rings is 1. The summed E-state index contributed by atoms with van der Waals surface area (Å²) in [6, 6.07) is 13.0. The van der Waals surface area contributed by atoms with E-state index in [1.165, 1.54) is 0 Å². The molecule has 106 valence electrons. The maximum atomic E-state index is 9.70. The van der Waals surface area contributed by atoms with Crippen molar-refractivity contribution in [3.63, 3.8) is 0 Å². The minimum absolute atomic E-state index is 0.219. The van der Waals surface area contributed by atoms with E-state index in [1.807, 2.05) is 24.3 Å². The number of nitrogens with one attached hydrogen (secondary N) is 1. The first kappa shape index (κ1) is 12.5. The molecule has 0 radical (unpaired) electrons. The van der Waals surface area contributed by atoms with Gasteiger partial charge in [0.2, 0.25) is 0 Å². The molecule has 0 saturated carbocycles. The molecule has 0 fully saturated rings. The third-order valence-corrected chi connectivity index (χ3v) is 3.53. The van der Waals surface area contributed by atoms with Gasteiger partial charge in [0.15, 0.2) is 0 Å². The van der Waals surface area contributed by atoms with E-state index in [2.05, 4.69) is 20.2 Å². The zero-order valence-corrected chi connectivity index (χ0v) is 11.6. The van der Waals surface area contributed by atoms with E-state index in [9.17, 15) is 5.11 Å². The summed E-state index contributed by atoms with van der Waals surface area (Å²) in [5.41, 5.74) is 5.27. The zero-order valence-electron chi connectivity index (χ0n) is 11.6. The Morgan fingerprint density at radius 3 is 2.77 bits per heavy atom. The van der Waals surface area contributed by atoms with Crippen molar-refractivity contribution in [1.82, 2.24) is 20.2 Å². The van der Waals surface area contributed by atoms with Gasteiger partial charge >= 0.3 is 0 Å². The van der Waals surface area contributed by atoms with Crippen LogP contribution in [0.5, 0.6) is 5.75 Å². The summed E-state index contributed by atoms with van der Waals surface area (Å²) in [5.74, 6) is 0.219. The van der Waals surface area contributed by atoms with Crippen LogP contribution < -0.4 is 0 Å². The number of nitrogens with zero attached hydrogens (tertiary/aromatic N) is 3. The predicted molar refractivity (Wildman–Crippen MR) is 84.2 cm³/mol. The molecule has 0 aliphatic rings. The average Bonchev–Trinajstić information content (AvgIpc) is 3.02. The Bertz CT molecular complexity index is 961. The molecule has 0 atom stereocenters. The van der Waals surface area contributed by atoms with Gasteiger partial charge in [-0.3, -0.25) is 15.1 Å². The van der Waals surface area contributed by atoms with Crippen molar-refractivity contribution >= 4 is 11.0 Å². The molecule has 0 spiro atoms. The number of aromatic nitrogens is 4. The predicted octanol–water partition coefficient (Wildman–Crippen LogP) is 3.39. The van der Waals surface area contributed by atoms with Crippen LogP contribution in [0.4, 0.5) is 0 Å². The summed E-state index contributed by atoms with van der Waals surface area (Å²) in [5, 5.41) is 16.6. The van der Waals surface area contributed by atoms with E-state index in [-0.39, 0.29) is 5.75 Å². The van der Waals surface area contributed by atoms with Crippen LogP contribution in [0.25, 0.3) is 33.4 Å². The lowest BCUT2D eigenvalue weighted by Gasteiger charge is -2.09. The van der Waals surface area contributed by atoms with E-state index in [1.54, 1.807) is 36.8 Å². The number of phenolic OH excluding ortho intramolecular Hbond substituents is 1. The molecule has 0 unspecified atom stereocenters. The van der Waals surface area contributed by atoms with Gasteiger partial charge in [0.05, 0.1) is 17.4 Å². The summed E-state index contributed by atoms with van der Waals surface area (Å²) < 4.78 is 0. The molecular weight excluding hydrogens is 276 g/mol. The first-order valence-corrected chi connectivity index (χ1v) is 6.85. The number of fused-ring (bicyclic) bond motifs is 1. The number of H-pyrrole nitrogens is 1. The second kappa shape index (κ2) is 4.96. The summed E-state index contributed by atoms with van der Waals surface area (Å²) in [6.07, 6.45) is 5.24. The fraction of sp³-hybridized carbons (Fsp3) is 0. The van der Waals surface area contributed by atoms with E-state index < -0.39 is 0 Å². The number of phenols is 1. The highest BCUT2D eigenvalue weighted by atomic mass is 16.3. The second-order valence-electron chi connectivity index (χ2n) is 4.98. The minimum Gasteiger partial charge on any atom is -0.508 e. The Morgan fingerprint density at radius 1 is 0.909 bits per heavy atom. The van der Waals surface area contributed by atoms with Crippen molar-refractivity contribution in [2.45, 2.75) is 0 Å². The maximum Gasteiger partial charge on any atom is 0.116 e. The number of rotatable bonds is 2. The van der Waals surface area contributed by atoms with E-state index in [0.29, 0.717) is 0 Å². The highest BCUT2D eigenvalue weighted by Crippen LogP contribution is 2.32. The lowest BCUT2D eigenvalue weighted by Crippen LogP contribution is -1.89. The van der Waals surface area contributed by atoms with Crippen LogP contribution in [-0.2, 0) is 0 Å². The van der Waals surface area contributed by atoms with Gasteiger partial charge in [0, 0.05) is 29.1 Å². The van der Waals surface area contributed by atoms with Crippen molar-refractivity contribution in [1.29, 1.82) is 0 Å². The summed E-state index contributed by atoms with van der Waals surface area (Å²) >= 11 is 0. The fourth-order valence-corrected chi connectivity index (χ4v) is 2.50. The van der Waals surface area contributed by atoms with Gasteiger partial charge < -0.3 is 5.11 Å². The smallest absolute Gasteiger partial charge is 0.116 e. The van der Waals surface area contributed by atoms with Crippen LogP contribution in [0.15, 0.2) is 61.1 Å². The van der Waals surface area contributed by atoms with Gasteiger partial charge in [-0.1, -0.05) is 18.2 Å². The molecule has 0 bridgehead atoms. The Morgan fingerprint density at radius 2 is 1.86 bits per heavy atom. The molecule has 4 rings (SSSR count). The Balaban J connectivity index is 1.92. The highest BCUT2D eigenvalue weighted by Gasteiger charge is 2.10. The third kappa shape index (κ3) is 2.09. The monoisotopic (exact) mass is 288 g/mol. The zero-order chi connectivity index (χ0) is 14.9. The molecule has 0 aliphatic carbocycles. The quantitative estimate of drug-likeness (QED) is 0.593. The van der Waals surface area contributed by atoms with E-state index in [0.717, 1.165) is 33.4 Å². The van der Waals surface area contributed by atoms with Crippen LogP contribution in [0.2, 0.25) is 0 Å². The van der Waals surface area contributed by atoms with Crippen LogP contribution in [0.3, 0.4) is 0 Å². The molecule has 2 N–H and O–H groups in total. The standard InChI is InChI=1S/C17H12N4O/c22-13-4-1-3-11(7-13)17-14(5-2-6-18-17)12-8-15-16(19-9-12)10-20-21-15/h1-10,22H,(H,20,21). The van der Waals surface area contributed by atoms with Gasteiger partial charge in [-0.25, -0.2) is 0 Å². The number of hydrogen-bond donors (Lipinski definition) is 2. The van der Waals surface area contributed by atoms with Crippen molar-refractivity contribution < 1.29 is 5.11 Å². The molecule has 5 nitrogen and oxygen atoms in total. The van der Waals surface area contributed by atoms with Crippen molar-refractivity contribution in [2.75, 3.05) is 0 Å². The lowest BCUT2D eigenvalue weighted by molar-refractivity contribution is 0.475. The molecule has 5 heteroatoms. The largest absolute Gasteiger partial charge is 0.508 e. The van der Waals surface area contributed by atoms with Crippen LogP contribution >= 0.6 is 0 Å². The van der Waals surface area contributed by atoms with Gasteiger partial charge in [-0.2, -0.15) is 5.10 Å². The maximum absolute atomic E-state index is 9.70. The Labute approximate surface area is 126 Å². The first-order chi connectivity index (χ1) is 10.8. The van der Waals surface area contributed by atoms with E-state index >= 15 is 0 Å². The minimum atomic E-state index is 0.219.